The Labute approximate surface area is 191 Å². The van der Waals surface area contributed by atoms with E-state index >= 15 is 0 Å². The topological polar surface area (TPSA) is 81.1 Å². The number of nitrogens with one attached hydrogen (secondary N) is 2. The monoisotopic (exact) mass is 437 g/mol. The van der Waals surface area contributed by atoms with E-state index in [1.807, 2.05) is 48.5 Å². The summed E-state index contributed by atoms with van der Waals surface area (Å²) in [7, 11) is 0. The normalized spacial score (nSPS) is 14.6. The van der Waals surface area contributed by atoms with E-state index in [1.165, 1.54) is 5.56 Å². The predicted molar refractivity (Wildman–Crippen MR) is 128 cm³/mol. The van der Waals surface area contributed by atoms with E-state index < -0.39 is 0 Å². The molecule has 0 bridgehead atoms. The van der Waals surface area contributed by atoms with E-state index in [4.69, 9.17) is 4.74 Å². The van der Waals surface area contributed by atoms with E-state index in [2.05, 4.69) is 58.0 Å². The molecule has 164 valence electrons. The lowest BCUT2D eigenvalue weighted by molar-refractivity contribution is -0.118. The van der Waals surface area contributed by atoms with Crippen molar-refractivity contribution in [2.24, 2.45) is 0 Å². The Balaban J connectivity index is 1.40. The predicted octanol–water partition coefficient (Wildman–Crippen LogP) is 4.66. The summed E-state index contributed by atoms with van der Waals surface area (Å²) in [5.41, 5.74) is 4.24. The molecule has 1 amide bonds. The van der Waals surface area contributed by atoms with Crippen LogP contribution in [0.1, 0.15) is 22.7 Å². The lowest BCUT2D eigenvalue weighted by Gasteiger charge is -2.24. The molecule has 1 aromatic heterocycles. The second-order valence-electron chi connectivity index (χ2n) is 7.78. The number of rotatable bonds is 6. The minimum absolute atomic E-state index is 0.129. The highest BCUT2D eigenvalue weighted by atomic mass is 16.5. The quantitative estimate of drug-likeness (QED) is 0.459. The number of carbonyl (C=O) groups is 1. The number of fused-ring (bicyclic) bond motifs is 1. The van der Waals surface area contributed by atoms with Gasteiger partial charge in [-0.05, 0) is 36.3 Å². The summed E-state index contributed by atoms with van der Waals surface area (Å²) in [5, 5.41) is 10.6. The van der Waals surface area contributed by atoms with Gasteiger partial charge in [0.05, 0.1) is 0 Å². The summed E-state index contributed by atoms with van der Waals surface area (Å²) in [5.74, 6) is 1.08. The first-order valence-electron chi connectivity index (χ1n) is 10.7. The second kappa shape index (κ2) is 9.00. The first-order chi connectivity index (χ1) is 16.2. The van der Waals surface area contributed by atoms with Crippen LogP contribution in [-0.2, 0) is 4.79 Å². The Morgan fingerprint density at radius 2 is 1.70 bits per heavy atom. The van der Waals surface area contributed by atoms with Gasteiger partial charge in [-0.3, -0.25) is 10.1 Å². The number of aromatic nitrogens is 3. The van der Waals surface area contributed by atoms with E-state index in [0.717, 1.165) is 16.8 Å². The van der Waals surface area contributed by atoms with Crippen LogP contribution >= 0.6 is 0 Å². The molecule has 0 aliphatic carbocycles. The number of carbonyl (C=O) groups excluding carboxylic acids is 1. The van der Waals surface area contributed by atoms with Crippen LogP contribution < -0.4 is 15.4 Å². The molecule has 7 nitrogen and oxygen atoms in total. The Morgan fingerprint density at radius 1 is 1.00 bits per heavy atom. The van der Waals surface area contributed by atoms with Gasteiger partial charge < -0.3 is 10.1 Å². The van der Waals surface area contributed by atoms with Crippen LogP contribution in [-0.4, -0.2) is 27.3 Å². The maximum absolute atomic E-state index is 12.4. The largest absolute Gasteiger partial charge is 0.484 e. The first kappa shape index (κ1) is 20.5. The number of hydrogen-bond acceptors (Lipinski definition) is 5. The Morgan fingerprint density at radius 3 is 2.42 bits per heavy atom. The zero-order valence-corrected chi connectivity index (χ0v) is 18.1. The molecule has 1 aliphatic rings. The molecule has 1 atom stereocenters. The number of benzene rings is 3. The van der Waals surface area contributed by atoms with Gasteiger partial charge in [-0.25, -0.2) is 4.68 Å². The van der Waals surface area contributed by atoms with Gasteiger partial charge in [-0.2, -0.15) is 4.98 Å². The maximum Gasteiger partial charge on any atom is 0.264 e. The van der Waals surface area contributed by atoms with Crippen LogP contribution in [0.25, 0.3) is 5.70 Å². The minimum Gasteiger partial charge on any atom is -0.484 e. The van der Waals surface area contributed by atoms with Crippen LogP contribution in [0.5, 0.6) is 5.75 Å². The van der Waals surface area contributed by atoms with Crippen molar-refractivity contribution in [1.29, 1.82) is 0 Å². The Hall–Kier alpha value is -4.39. The SMILES string of the molecule is Cc1ccc([C@@H]2C=C(c3ccccc3)Nc3nc(NC(=O)COc4ccccc4)nn32)cc1. The smallest absolute Gasteiger partial charge is 0.264 e. The van der Waals surface area contributed by atoms with Crippen LogP contribution in [0.4, 0.5) is 11.9 Å². The summed E-state index contributed by atoms with van der Waals surface area (Å²) in [6.45, 7) is 1.93. The summed E-state index contributed by atoms with van der Waals surface area (Å²) < 4.78 is 7.30. The minimum atomic E-state index is -0.329. The van der Waals surface area contributed by atoms with Crippen molar-refractivity contribution < 1.29 is 9.53 Å². The fraction of sp³-hybridized carbons (Fsp3) is 0.115. The average Bonchev–Trinajstić information content (AvgIpc) is 3.26. The zero-order valence-electron chi connectivity index (χ0n) is 18.1. The number of allylic oxidation sites excluding steroid dienone is 1. The van der Waals surface area contributed by atoms with Crippen molar-refractivity contribution in [3.05, 3.63) is 108 Å². The number of hydrogen-bond donors (Lipinski definition) is 2. The fourth-order valence-corrected chi connectivity index (χ4v) is 3.66. The van der Waals surface area contributed by atoms with Crippen LogP contribution in [0.3, 0.4) is 0 Å². The van der Waals surface area contributed by atoms with E-state index in [9.17, 15) is 4.79 Å². The number of anilines is 2. The molecular weight excluding hydrogens is 414 g/mol. The standard InChI is InChI=1S/C26H23N5O2/c1-18-12-14-20(15-13-18)23-16-22(19-8-4-2-5-9-19)27-26-29-25(30-31(23)26)28-24(32)17-33-21-10-6-3-7-11-21/h2-16,23H,17H2,1H3,(H2,27,28,29,30,32)/t23-/m0/s1. The zero-order chi connectivity index (χ0) is 22.6. The summed E-state index contributed by atoms with van der Waals surface area (Å²) in [6, 6.07) is 27.4. The molecule has 3 aromatic carbocycles. The number of amides is 1. The number of ether oxygens (including phenoxy) is 1. The molecule has 0 unspecified atom stereocenters. The number of nitrogens with zero attached hydrogens (tertiary/aromatic N) is 3. The lowest BCUT2D eigenvalue weighted by Crippen LogP contribution is -2.21. The molecule has 33 heavy (non-hydrogen) atoms. The molecule has 0 saturated heterocycles. The molecule has 7 heteroatoms. The Kier molecular flexibility index (Phi) is 5.59. The summed E-state index contributed by atoms with van der Waals surface area (Å²) in [6.07, 6.45) is 2.12. The van der Waals surface area contributed by atoms with Crippen molar-refractivity contribution in [2.75, 3.05) is 17.2 Å². The van der Waals surface area contributed by atoms with Gasteiger partial charge in [0.1, 0.15) is 11.8 Å². The second-order valence-corrected chi connectivity index (χ2v) is 7.78. The van der Waals surface area contributed by atoms with Crippen LogP contribution in [0, 0.1) is 6.92 Å². The van der Waals surface area contributed by atoms with Crippen molar-refractivity contribution in [2.45, 2.75) is 13.0 Å². The van der Waals surface area contributed by atoms with Crippen LogP contribution in [0.2, 0.25) is 0 Å². The van der Waals surface area contributed by atoms with Crippen molar-refractivity contribution in [1.82, 2.24) is 14.8 Å². The van der Waals surface area contributed by atoms with E-state index in [1.54, 1.807) is 16.8 Å². The highest BCUT2D eigenvalue weighted by Crippen LogP contribution is 2.33. The third-order valence-corrected chi connectivity index (χ3v) is 5.33. The van der Waals surface area contributed by atoms with E-state index in [-0.39, 0.29) is 24.5 Å². The van der Waals surface area contributed by atoms with Gasteiger partial charge in [-0.1, -0.05) is 78.4 Å². The molecule has 0 spiro atoms. The number of aryl methyl sites for hydroxylation is 1. The lowest BCUT2D eigenvalue weighted by atomic mass is 10.0. The number of para-hydroxylation sites is 1. The molecular formula is C26H23N5O2. The van der Waals surface area contributed by atoms with Crippen LogP contribution in [0.15, 0.2) is 91.0 Å². The van der Waals surface area contributed by atoms with Gasteiger partial charge in [0, 0.05) is 5.70 Å². The van der Waals surface area contributed by atoms with Gasteiger partial charge in [0.25, 0.3) is 11.9 Å². The van der Waals surface area contributed by atoms with Crippen molar-refractivity contribution in [3.8, 4) is 5.75 Å². The first-order valence-corrected chi connectivity index (χ1v) is 10.7. The van der Waals surface area contributed by atoms with Crippen molar-refractivity contribution >= 4 is 23.5 Å². The summed E-state index contributed by atoms with van der Waals surface area (Å²) >= 11 is 0. The molecule has 2 heterocycles. The average molecular weight is 438 g/mol. The molecule has 0 saturated carbocycles. The van der Waals surface area contributed by atoms with Gasteiger partial charge in [0.15, 0.2) is 6.61 Å². The molecule has 1 aliphatic heterocycles. The third kappa shape index (κ3) is 4.62. The van der Waals surface area contributed by atoms with E-state index in [0.29, 0.717) is 11.7 Å². The molecule has 0 fully saturated rings. The molecule has 4 aromatic rings. The van der Waals surface area contributed by atoms with Gasteiger partial charge in [-0.15, -0.1) is 5.10 Å². The third-order valence-electron chi connectivity index (χ3n) is 5.33. The van der Waals surface area contributed by atoms with Crippen molar-refractivity contribution in [3.63, 3.8) is 0 Å². The summed E-state index contributed by atoms with van der Waals surface area (Å²) in [4.78, 5) is 16.9. The molecule has 2 N–H and O–H groups in total. The molecule has 5 rings (SSSR count). The van der Waals surface area contributed by atoms with Gasteiger partial charge in [0.2, 0.25) is 5.95 Å². The molecule has 0 radical (unpaired) electrons. The maximum atomic E-state index is 12.4. The Bertz CT molecular complexity index is 1280. The fourth-order valence-electron chi connectivity index (χ4n) is 3.66. The van der Waals surface area contributed by atoms with Gasteiger partial charge >= 0.3 is 0 Å². The highest BCUT2D eigenvalue weighted by molar-refractivity contribution is 5.90. The highest BCUT2D eigenvalue weighted by Gasteiger charge is 2.25.